The van der Waals surface area contributed by atoms with Gasteiger partial charge in [0.05, 0.1) is 18.0 Å². The summed E-state index contributed by atoms with van der Waals surface area (Å²) >= 11 is 0. The summed E-state index contributed by atoms with van der Waals surface area (Å²) < 4.78 is 4.60. The smallest absolute Gasteiger partial charge is 0.329 e. The molecule has 1 aromatic heterocycles. The van der Waals surface area contributed by atoms with Crippen LogP contribution in [-0.4, -0.2) is 27.7 Å². The minimum atomic E-state index is -1.09. The van der Waals surface area contributed by atoms with E-state index in [1.165, 1.54) is 0 Å². The van der Waals surface area contributed by atoms with Crippen LogP contribution < -0.4 is 9.92 Å². The lowest BCUT2D eigenvalue weighted by Crippen LogP contribution is -2.72. The number of aromatic amines is 1. The van der Waals surface area contributed by atoms with Gasteiger partial charge in [0.1, 0.15) is 11.6 Å². The molecule has 1 unspecified atom stereocenters. The number of hydrogen-bond acceptors (Lipinski definition) is 6. The molecule has 11 heteroatoms. The highest BCUT2D eigenvalue weighted by atomic mass is 16.8. The SMILES string of the molecule is C[NH2+]c1ccc(C2C(=[N+]([O-])[O-])C=C([N+](=O)[O-])c3[nH]o[n+](=O)c32)cc1. The Morgan fingerprint density at radius 1 is 1.25 bits per heavy atom. The summed E-state index contributed by atoms with van der Waals surface area (Å²) in [5.74, 6) is -1.09. The van der Waals surface area contributed by atoms with Crippen molar-refractivity contribution >= 4 is 17.1 Å². The summed E-state index contributed by atoms with van der Waals surface area (Å²) in [6.07, 6.45) is 0.846. The van der Waals surface area contributed by atoms with E-state index in [0.717, 1.165) is 11.8 Å². The molecule has 0 saturated carbocycles. The molecule has 0 amide bonds. The van der Waals surface area contributed by atoms with Gasteiger partial charge in [-0.2, -0.15) is 4.90 Å². The van der Waals surface area contributed by atoms with Crippen molar-refractivity contribution in [1.29, 1.82) is 0 Å². The molecular weight excluding hydrogens is 322 g/mol. The molecule has 124 valence electrons. The second kappa shape index (κ2) is 5.62. The Kier molecular flexibility index (Phi) is 3.62. The summed E-state index contributed by atoms with van der Waals surface area (Å²) in [5.41, 5.74) is -0.119. The van der Waals surface area contributed by atoms with Crippen LogP contribution in [0.3, 0.4) is 0 Å². The molecular formula is C13H12N5O6+. The molecule has 1 aromatic carbocycles. The van der Waals surface area contributed by atoms with Crippen LogP contribution in [0, 0.1) is 25.4 Å². The van der Waals surface area contributed by atoms with Crippen molar-refractivity contribution in [2.75, 3.05) is 7.05 Å². The third-order valence-electron chi connectivity index (χ3n) is 3.80. The van der Waals surface area contributed by atoms with E-state index in [0.29, 0.717) is 5.56 Å². The maximum Gasteiger partial charge on any atom is 0.329 e. The third-order valence-corrected chi connectivity index (χ3v) is 3.80. The summed E-state index contributed by atoms with van der Waals surface area (Å²) in [6, 6.07) is 6.73. The summed E-state index contributed by atoms with van der Waals surface area (Å²) in [4.78, 5) is 21.5. The first kappa shape index (κ1) is 15.4. The molecule has 0 fully saturated rings. The van der Waals surface area contributed by atoms with E-state index in [1.54, 1.807) is 24.3 Å². The van der Waals surface area contributed by atoms with Gasteiger partial charge in [-0.25, -0.2) is 0 Å². The van der Waals surface area contributed by atoms with Crippen LogP contribution in [0.15, 0.2) is 35.0 Å². The number of benzene rings is 1. The van der Waals surface area contributed by atoms with Crippen LogP contribution in [0.2, 0.25) is 0 Å². The Morgan fingerprint density at radius 3 is 2.46 bits per heavy atom. The number of nitrogens with two attached hydrogens (primary N) is 1. The zero-order chi connectivity index (χ0) is 17.4. The van der Waals surface area contributed by atoms with Gasteiger partial charge in [0, 0.05) is 0 Å². The van der Waals surface area contributed by atoms with Crippen LogP contribution in [-0.2, 0) is 0 Å². The molecule has 3 N–H and O–H groups in total. The lowest BCUT2D eigenvalue weighted by molar-refractivity contribution is -0.719. The van der Waals surface area contributed by atoms with Gasteiger partial charge in [0.2, 0.25) is 5.71 Å². The topological polar surface area (TPSA) is 161 Å². The molecule has 1 aliphatic carbocycles. The third kappa shape index (κ3) is 2.32. The van der Waals surface area contributed by atoms with Gasteiger partial charge in [-0.15, -0.1) is 0 Å². The number of aromatic nitrogens is 2. The molecule has 0 aliphatic heterocycles. The average Bonchev–Trinajstić information content (AvgIpc) is 2.95. The van der Waals surface area contributed by atoms with Crippen molar-refractivity contribution < 1.29 is 24.4 Å². The minimum absolute atomic E-state index is 0.0276. The van der Waals surface area contributed by atoms with E-state index in [-0.39, 0.29) is 16.0 Å². The molecule has 0 bridgehead atoms. The molecule has 24 heavy (non-hydrogen) atoms. The van der Waals surface area contributed by atoms with Gasteiger partial charge >= 0.3 is 5.70 Å². The van der Waals surface area contributed by atoms with E-state index < -0.39 is 27.2 Å². The Bertz CT molecular complexity index is 919. The van der Waals surface area contributed by atoms with Crippen LogP contribution >= 0.6 is 0 Å². The number of quaternary nitrogens is 1. The monoisotopic (exact) mass is 334 g/mol. The van der Waals surface area contributed by atoms with Gasteiger partial charge in [-0.3, -0.25) is 10.1 Å². The van der Waals surface area contributed by atoms with Crippen molar-refractivity contribution in [3.8, 4) is 0 Å². The number of hydrogen-bond donors (Lipinski definition) is 2. The van der Waals surface area contributed by atoms with E-state index in [4.69, 9.17) is 0 Å². The van der Waals surface area contributed by atoms with Crippen molar-refractivity contribution in [3.05, 3.63) is 72.7 Å². The number of fused-ring (bicyclic) bond motifs is 1. The second-order valence-electron chi connectivity index (χ2n) is 5.07. The van der Waals surface area contributed by atoms with Crippen molar-refractivity contribution in [2.45, 2.75) is 5.92 Å². The normalized spacial score (nSPS) is 16.5. The zero-order valence-electron chi connectivity index (χ0n) is 12.3. The highest BCUT2D eigenvalue weighted by Crippen LogP contribution is 2.34. The summed E-state index contributed by atoms with van der Waals surface area (Å²) in [5, 5.41) is 38.0. The largest absolute Gasteiger partial charge is 0.612 e. The number of allylic oxidation sites excluding steroid dienone is 1. The van der Waals surface area contributed by atoms with Gasteiger partial charge in [-0.1, -0.05) is 21.9 Å². The first-order valence-electron chi connectivity index (χ1n) is 6.85. The zero-order valence-corrected chi connectivity index (χ0v) is 12.3. The number of nitrogens with one attached hydrogen (secondary N) is 1. The van der Waals surface area contributed by atoms with Gasteiger partial charge < -0.3 is 15.7 Å². The number of nitrogens with zero attached hydrogens (tertiary/aromatic N) is 3. The Balaban J connectivity index is 2.27. The maximum atomic E-state index is 11.9. The molecule has 0 radical (unpaired) electrons. The van der Waals surface area contributed by atoms with Crippen molar-refractivity contribution in [2.24, 2.45) is 0 Å². The molecule has 1 atom stereocenters. The Morgan fingerprint density at radius 2 is 1.92 bits per heavy atom. The minimum Gasteiger partial charge on any atom is -0.612 e. The van der Waals surface area contributed by atoms with E-state index in [2.05, 4.69) is 9.79 Å². The molecule has 1 heterocycles. The summed E-state index contributed by atoms with van der Waals surface area (Å²) in [7, 11) is 1.84. The van der Waals surface area contributed by atoms with Gasteiger partial charge in [0.15, 0.2) is 4.60 Å². The van der Waals surface area contributed by atoms with Crippen molar-refractivity contribution in [3.63, 3.8) is 0 Å². The predicted octanol–water partition coefficient (Wildman–Crippen LogP) is -0.441. The molecule has 0 spiro atoms. The first-order chi connectivity index (χ1) is 11.4. The Labute approximate surface area is 133 Å². The van der Waals surface area contributed by atoms with E-state index in [1.807, 2.05) is 12.4 Å². The van der Waals surface area contributed by atoms with Crippen molar-refractivity contribution in [1.82, 2.24) is 5.16 Å². The standard InChI is InChI=1S/C13H11N5O6/c1-14-8-4-2-7(3-5-8)11-9(16(19)20)6-10(17(21)22)12-13(11)18(23)24-15-12/h2-6,11,14-15H,1H3/p+1. The summed E-state index contributed by atoms with van der Waals surface area (Å²) in [6.45, 7) is 0. The molecule has 1 aliphatic rings. The van der Waals surface area contributed by atoms with Gasteiger partial charge in [-0.05, 0) is 22.6 Å². The first-order valence-corrected chi connectivity index (χ1v) is 6.85. The maximum absolute atomic E-state index is 11.9. The second-order valence-corrected chi connectivity index (χ2v) is 5.07. The average molecular weight is 334 g/mol. The fourth-order valence-electron chi connectivity index (χ4n) is 2.66. The van der Waals surface area contributed by atoms with E-state index in [9.17, 15) is 25.4 Å². The fourth-order valence-corrected chi connectivity index (χ4v) is 2.66. The lowest BCUT2D eigenvalue weighted by Gasteiger charge is -2.17. The van der Waals surface area contributed by atoms with Crippen LogP contribution in [0.1, 0.15) is 22.9 Å². The lowest BCUT2D eigenvalue weighted by atomic mass is 9.85. The number of nitro groups is 1. The Hall–Kier alpha value is -3.47. The van der Waals surface area contributed by atoms with E-state index >= 15 is 0 Å². The highest BCUT2D eigenvalue weighted by Gasteiger charge is 2.47. The number of rotatable bonds is 3. The predicted molar refractivity (Wildman–Crippen MR) is 79.2 cm³/mol. The molecule has 3 rings (SSSR count). The van der Waals surface area contributed by atoms with Crippen LogP contribution in [0.25, 0.3) is 5.70 Å². The van der Waals surface area contributed by atoms with Gasteiger partial charge in [0.25, 0.3) is 11.4 Å². The number of H-pyrrole nitrogens is 1. The fraction of sp³-hybridized carbons (Fsp3) is 0.154. The van der Waals surface area contributed by atoms with Crippen LogP contribution in [0.4, 0.5) is 5.69 Å². The molecule has 0 saturated heterocycles. The molecule has 11 nitrogen and oxygen atoms in total. The highest BCUT2D eigenvalue weighted by molar-refractivity contribution is 6.05. The van der Waals surface area contributed by atoms with Crippen LogP contribution in [0.5, 0.6) is 0 Å². The molecule has 2 aromatic rings. The quantitative estimate of drug-likeness (QED) is 0.335.